The number of nitrogens with two attached hydrogens (primary N) is 1. The first kappa shape index (κ1) is 16.7. The summed E-state index contributed by atoms with van der Waals surface area (Å²) < 4.78 is 0. The SMILES string of the molecule is CC1CCC(C(C)(C)O/N=C(/C(=O)O)c2csc(N)n2)CC1. The zero-order valence-corrected chi connectivity index (χ0v) is 14.0. The minimum Gasteiger partial charge on any atom is -0.476 e. The number of carboxylic acid groups (broad SMARTS) is 1. The van der Waals surface area contributed by atoms with Gasteiger partial charge in [-0.25, -0.2) is 9.78 Å². The van der Waals surface area contributed by atoms with E-state index in [0.717, 1.165) is 18.8 Å². The second-order valence-corrected chi connectivity index (χ2v) is 7.36. The molecule has 0 aromatic carbocycles. The molecule has 0 bridgehead atoms. The minimum atomic E-state index is -1.17. The van der Waals surface area contributed by atoms with Crippen LogP contribution in [0, 0.1) is 11.8 Å². The first-order chi connectivity index (χ1) is 10.3. The van der Waals surface area contributed by atoms with Gasteiger partial charge in [-0.2, -0.15) is 0 Å². The maximum absolute atomic E-state index is 11.4. The lowest BCUT2D eigenvalue weighted by atomic mass is 9.75. The molecule has 7 heteroatoms. The van der Waals surface area contributed by atoms with Crippen molar-refractivity contribution in [3.05, 3.63) is 11.1 Å². The van der Waals surface area contributed by atoms with E-state index in [0.29, 0.717) is 11.0 Å². The maximum atomic E-state index is 11.4. The molecular formula is C15H23N3O3S. The van der Waals surface area contributed by atoms with E-state index in [1.807, 2.05) is 13.8 Å². The average molecular weight is 325 g/mol. The Labute approximate surface area is 134 Å². The first-order valence-corrected chi connectivity index (χ1v) is 8.38. The van der Waals surface area contributed by atoms with Gasteiger partial charge in [-0.15, -0.1) is 11.3 Å². The topological polar surface area (TPSA) is 97.8 Å². The first-order valence-electron chi connectivity index (χ1n) is 7.50. The summed E-state index contributed by atoms with van der Waals surface area (Å²) in [4.78, 5) is 20.9. The normalized spacial score (nSPS) is 23.3. The monoisotopic (exact) mass is 325 g/mol. The fourth-order valence-corrected chi connectivity index (χ4v) is 3.33. The Kier molecular flexibility index (Phi) is 5.05. The molecule has 0 unspecified atom stereocenters. The molecule has 3 N–H and O–H groups in total. The molecule has 1 aromatic rings. The molecule has 1 aliphatic carbocycles. The number of aliphatic carboxylic acids is 1. The van der Waals surface area contributed by atoms with Gasteiger partial charge in [0.05, 0.1) is 0 Å². The van der Waals surface area contributed by atoms with Crippen LogP contribution < -0.4 is 5.73 Å². The predicted molar refractivity (Wildman–Crippen MR) is 87.0 cm³/mol. The summed E-state index contributed by atoms with van der Waals surface area (Å²) in [7, 11) is 0. The van der Waals surface area contributed by atoms with Gasteiger partial charge < -0.3 is 15.7 Å². The fraction of sp³-hybridized carbons (Fsp3) is 0.667. The molecule has 1 saturated carbocycles. The van der Waals surface area contributed by atoms with Crippen molar-refractivity contribution in [3.63, 3.8) is 0 Å². The largest absolute Gasteiger partial charge is 0.476 e. The summed E-state index contributed by atoms with van der Waals surface area (Å²) in [6, 6.07) is 0. The smallest absolute Gasteiger partial charge is 0.360 e. The predicted octanol–water partition coefficient (Wildman–Crippen LogP) is 3.14. The summed E-state index contributed by atoms with van der Waals surface area (Å²) in [6.45, 7) is 6.19. The van der Waals surface area contributed by atoms with Crippen LogP contribution >= 0.6 is 11.3 Å². The fourth-order valence-electron chi connectivity index (χ4n) is 2.78. The van der Waals surface area contributed by atoms with E-state index < -0.39 is 11.6 Å². The molecule has 22 heavy (non-hydrogen) atoms. The third-order valence-corrected chi connectivity index (χ3v) is 5.01. The van der Waals surface area contributed by atoms with Crippen molar-refractivity contribution in [1.29, 1.82) is 0 Å². The molecule has 0 spiro atoms. The number of rotatable bonds is 5. The molecule has 1 aliphatic rings. The van der Waals surface area contributed by atoms with Crippen LogP contribution in [0.15, 0.2) is 10.5 Å². The third-order valence-electron chi connectivity index (χ3n) is 4.34. The zero-order valence-electron chi connectivity index (χ0n) is 13.2. The van der Waals surface area contributed by atoms with Crippen molar-refractivity contribution in [3.8, 4) is 0 Å². The van der Waals surface area contributed by atoms with Crippen LogP contribution in [0.2, 0.25) is 0 Å². The molecule has 122 valence electrons. The Hall–Kier alpha value is -1.63. The molecule has 0 saturated heterocycles. The standard InChI is InChI=1S/C15H23N3O3S/c1-9-4-6-10(7-5-9)15(2,3)21-18-12(13(19)20)11-8-22-14(16)17-11/h8-10H,4-7H2,1-3H3,(H2,16,17)(H,19,20)/b18-12+. The summed E-state index contributed by atoms with van der Waals surface area (Å²) >= 11 is 1.18. The van der Waals surface area contributed by atoms with Crippen LogP contribution in [0.5, 0.6) is 0 Å². The minimum absolute atomic E-state index is 0.204. The number of thiazole rings is 1. The molecule has 0 atom stereocenters. The third kappa shape index (κ3) is 3.97. The number of carboxylic acids is 1. The molecule has 0 amide bonds. The molecule has 1 aromatic heterocycles. The van der Waals surface area contributed by atoms with Crippen LogP contribution in [0.3, 0.4) is 0 Å². The molecule has 2 rings (SSSR count). The van der Waals surface area contributed by atoms with Gasteiger partial charge in [-0.1, -0.05) is 24.9 Å². The van der Waals surface area contributed by atoms with Crippen molar-refractivity contribution in [1.82, 2.24) is 4.98 Å². The van der Waals surface area contributed by atoms with Crippen molar-refractivity contribution in [2.45, 2.75) is 52.1 Å². The van der Waals surface area contributed by atoms with Crippen molar-refractivity contribution >= 4 is 28.1 Å². The number of aromatic nitrogens is 1. The van der Waals surface area contributed by atoms with Gasteiger partial charge >= 0.3 is 5.97 Å². The highest BCUT2D eigenvalue weighted by Gasteiger charge is 2.35. The van der Waals surface area contributed by atoms with Crippen molar-refractivity contribution < 1.29 is 14.7 Å². The number of oxime groups is 1. The van der Waals surface area contributed by atoms with Gasteiger partial charge in [-0.3, -0.25) is 0 Å². The van der Waals surface area contributed by atoms with E-state index in [1.54, 1.807) is 5.38 Å². The number of nitrogen functional groups attached to an aromatic ring is 1. The Morgan fingerprint density at radius 3 is 2.59 bits per heavy atom. The van der Waals surface area contributed by atoms with Gasteiger partial charge in [-0.05, 0) is 32.6 Å². The Bertz CT molecular complexity index is 560. The number of hydrogen-bond donors (Lipinski definition) is 2. The van der Waals surface area contributed by atoms with Gasteiger partial charge in [0.15, 0.2) is 5.13 Å². The average Bonchev–Trinajstić information content (AvgIpc) is 2.85. The van der Waals surface area contributed by atoms with Crippen LogP contribution in [0.4, 0.5) is 5.13 Å². The highest BCUT2D eigenvalue weighted by molar-refractivity contribution is 7.13. The summed E-state index contributed by atoms with van der Waals surface area (Å²) in [6.07, 6.45) is 4.51. The van der Waals surface area contributed by atoms with Crippen LogP contribution in [0.25, 0.3) is 0 Å². The molecule has 1 fully saturated rings. The molecular weight excluding hydrogens is 302 g/mol. The lowest BCUT2D eigenvalue weighted by Crippen LogP contribution is -2.36. The Morgan fingerprint density at radius 1 is 1.45 bits per heavy atom. The number of nitrogens with zero attached hydrogens (tertiary/aromatic N) is 2. The van der Waals surface area contributed by atoms with E-state index in [1.165, 1.54) is 24.2 Å². The van der Waals surface area contributed by atoms with Gasteiger partial charge in [0.2, 0.25) is 5.71 Å². The molecule has 1 heterocycles. The highest BCUT2D eigenvalue weighted by Crippen LogP contribution is 2.37. The van der Waals surface area contributed by atoms with E-state index in [-0.39, 0.29) is 11.4 Å². The Morgan fingerprint density at radius 2 is 2.09 bits per heavy atom. The van der Waals surface area contributed by atoms with E-state index in [9.17, 15) is 9.90 Å². The second kappa shape index (κ2) is 6.64. The molecule has 0 aliphatic heterocycles. The quantitative estimate of drug-likeness (QED) is 0.640. The van der Waals surface area contributed by atoms with E-state index >= 15 is 0 Å². The van der Waals surface area contributed by atoms with Crippen molar-refractivity contribution in [2.75, 3.05) is 5.73 Å². The summed E-state index contributed by atoms with van der Waals surface area (Å²) in [5.74, 6) is -0.0375. The molecule has 0 radical (unpaired) electrons. The van der Waals surface area contributed by atoms with Gasteiger partial charge in [0.25, 0.3) is 0 Å². The van der Waals surface area contributed by atoms with Gasteiger partial charge in [0.1, 0.15) is 11.3 Å². The Balaban J connectivity index is 2.11. The molecule has 6 nitrogen and oxygen atoms in total. The van der Waals surface area contributed by atoms with Crippen LogP contribution in [0.1, 0.15) is 52.1 Å². The second-order valence-electron chi connectivity index (χ2n) is 6.47. The van der Waals surface area contributed by atoms with Gasteiger partial charge in [0, 0.05) is 11.3 Å². The summed E-state index contributed by atoms with van der Waals surface area (Å²) in [5.41, 5.74) is 5.08. The van der Waals surface area contributed by atoms with Crippen molar-refractivity contribution in [2.24, 2.45) is 17.0 Å². The van der Waals surface area contributed by atoms with Crippen LogP contribution in [-0.2, 0) is 9.63 Å². The lowest BCUT2D eigenvalue weighted by Gasteiger charge is -2.36. The van der Waals surface area contributed by atoms with E-state index in [4.69, 9.17) is 10.6 Å². The summed E-state index contributed by atoms with van der Waals surface area (Å²) in [5, 5.41) is 15.0. The number of carbonyl (C=O) groups is 1. The van der Waals surface area contributed by atoms with E-state index in [2.05, 4.69) is 17.1 Å². The highest BCUT2D eigenvalue weighted by atomic mass is 32.1. The zero-order chi connectivity index (χ0) is 16.3. The maximum Gasteiger partial charge on any atom is 0.360 e. The lowest BCUT2D eigenvalue weighted by molar-refractivity contribution is -0.130. The number of hydrogen-bond acceptors (Lipinski definition) is 6. The number of anilines is 1. The van der Waals surface area contributed by atoms with Crippen LogP contribution in [-0.4, -0.2) is 27.4 Å².